The van der Waals surface area contributed by atoms with Crippen LogP contribution in [0.25, 0.3) is 10.9 Å². The molecule has 4 amide bonds. The number of hydrogen-bond acceptors (Lipinski definition) is 3. The summed E-state index contributed by atoms with van der Waals surface area (Å²) in [5.41, 5.74) is 5.29. The summed E-state index contributed by atoms with van der Waals surface area (Å²) in [5, 5.41) is 3.98. The first-order valence-electron chi connectivity index (χ1n) is 14.6. The zero-order valence-electron chi connectivity index (χ0n) is 23.1. The van der Waals surface area contributed by atoms with Crippen LogP contribution in [0, 0.1) is 5.82 Å². The van der Waals surface area contributed by atoms with E-state index in [0.29, 0.717) is 18.5 Å². The van der Waals surface area contributed by atoms with Crippen molar-refractivity contribution in [3.8, 4) is 0 Å². The van der Waals surface area contributed by atoms with E-state index in [9.17, 15) is 18.8 Å². The fourth-order valence-electron chi connectivity index (χ4n) is 6.71. The minimum absolute atomic E-state index is 0.266. The molecule has 3 heterocycles. The smallest absolute Gasteiger partial charge is 0.332 e. The van der Waals surface area contributed by atoms with Crippen molar-refractivity contribution in [1.29, 1.82) is 0 Å². The molecule has 0 bridgehead atoms. The molecule has 2 aliphatic heterocycles. The van der Waals surface area contributed by atoms with Crippen molar-refractivity contribution in [1.82, 2.24) is 15.2 Å². The first-order chi connectivity index (χ1) is 20.5. The Bertz CT molecular complexity index is 1740. The van der Waals surface area contributed by atoms with E-state index in [0.717, 1.165) is 46.3 Å². The van der Waals surface area contributed by atoms with Gasteiger partial charge in [-0.15, -0.1) is 0 Å². The number of nitrogens with zero attached hydrogens (tertiary/aromatic N) is 2. The van der Waals surface area contributed by atoms with Crippen molar-refractivity contribution < 1.29 is 18.8 Å². The van der Waals surface area contributed by atoms with Crippen LogP contribution in [0.4, 0.5) is 14.9 Å². The standard InChI is InChI=1S/C34H31FN4O3/c35-23-16-14-22(15-17-23)31-30-26(24-10-4-6-12-27(24)37-30)20-29-33(41)39(34(42)38(29)31)28-13-7-5-11-25(28)32(40)36-19-18-21-8-2-1-3-9-21/h4-8,10-17,29,31,37H,1-3,9,18-20H2,(H,36,40). The highest BCUT2D eigenvalue weighted by Gasteiger charge is 2.53. The summed E-state index contributed by atoms with van der Waals surface area (Å²) in [6.07, 6.45) is 7.92. The molecule has 1 fully saturated rings. The van der Waals surface area contributed by atoms with Gasteiger partial charge in [-0.3, -0.25) is 14.5 Å². The molecule has 2 atom stereocenters. The number of anilines is 1. The number of halogens is 1. The van der Waals surface area contributed by atoms with Crippen LogP contribution in [0.1, 0.15) is 65.3 Å². The molecule has 1 saturated heterocycles. The van der Waals surface area contributed by atoms with Gasteiger partial charge >= 0.3 is 6.03 Å². The minimum atomic E-state index is -0.770. The molecular weight excluding hydrogens is 531 g/mol. The van der Waals surface area contributed by atoms with Gasteiger partial charge in [-0.2, -0.15) is 0 Å². The third-order valence-electron chi connectivity index (χ3n) is 8.74. The van der Waals surface area contributed by atoms with E-state index in [1.165, 1.54) is 30.5 Å². The van der Waals surface area contributed by atoms with E-state index in [4.69, 9.17) is 0 Å². The Morgan fingerprint density at radius 2 is 1.76 bits per heavy atom. The Morgan fingerprint density at radius 3 is 2.57 bits per heavy atom. The van der Waals surface area contributed by atoms with Gasteiger partial charge in [-0.05, 0) is 73.6 Å². The lowest BCUT2D eigenvalue weighted by Gasteiger charge is -2.36. The van der Waals surface area contributed by atoms with Gasteiger partial charge in [0.05, 0.1) is 11.3 Å². The van der Waals surface area contributed by atoms with Crippen LogP contribution in [0.15, 0.2) is 84.4 Å². The summed E-state index contributed by atoms with van der Waals surface area (Å²) in [6.45, 7) is 0.490. The SMILES string of the molecule is O=C(NCCC1=CCCCC1)c1ccccc1N1C(=O)C2Cc3c([nH]c4ccccc34)C(c3ccc(F)cc3)N2C1=O. The first kappa shape index (κ1) is 26.2. The maximum atomic E-state index is 14.2. The van der Waals surface area contributed by atoms with E-state index < -0.39 is 18.1 Å². The summed E-state index contributed by atoms with van der Waals surface area (Å²) in [4.78, 5) is 47.9. The van der Waals surface area contributed by atoms with E-state index in [2.05, 4.69) is 16.4 Å². The van der Waals surface area contributed by atoms with Crippen LogP contribution >= 0.6 is 0 Å². The predicted molar refractivity (Wildman–Crippen MR) is 159 cm³/mol. The number of hydrogen-bond donors (Lipinski definition) is 2. The molecule has 0 saturated carbocycles. The number of aromatic nitrogens is 1. The number of aromatic amines is 1. The molecule has 2 unspecified atom stereocenters. The third-order valence-corrected chi connectivity index (χ3v) is 8.74. The second-order valence-corrected chi connectivity index (χ2v) is 11.2. The normalized spacial score (nSPS) is 20.0. The Morgan fingerprint density at radius 1 is 0.976 bits per heavy atom. The first-order valence-corrected chi connectivity index (χ1v) is 14.6. The zero-order chi connectivity index (χ0) is 28.8. The zero-order valence-corrected chi connectivity index (χ0v) is 23.1. The second-order valence-electron chi connectivity index (χ2n) is 11.2. The quantitative estimate of drug-likeness (QED) is 0.210. The fraction of sp³-hybridized carbons (Fsp3) is 0.265. The summed E-state index contributed by atoms with van der Waals surface area (Å²) in [6, 6.07) is 18.8. The number of urea groups is 1. The molecule has 1 aliphatic carbocycles. The molecule has 7 rings (SSSR count). The fourth-order valence-corrected chi connectivity index (χ4v) is 6.71. The lowest BCUT2D eigenvalue weighted by molar-refractivity contribution is -0.120. The molecular formula is C34H31FN4O3. The maximum Gasteiger partial charge on any atom is 0.332 e. The Labute approximate surface area is 243 Å². The van der Waals surface area contributed by atoms with Gasteiger partial charge in [0.2, 0.25) is 0 Å². The number of fused-ring (bicyclic) bond motifs is 4. The number of carbonyl (C=O) groups is 3. The topological polar surface area (TPSA) is 85.5 Å². The molecule has 3 aromatic carbocycles. The average Bonchev–Trinajstić information content (AvgIpc) is 3.51. The summed E-state index contributed by atoms with van der Waals surface area (Å²) in [5.74, 6) is -1.08. The monoisotopic (exact) mass is 562 g/mol. The molecule has 0 spiro atoms. The molecule has 4 aromatic rings. The van der Waals surface area contributed by atoms with Crippen molar-refractivity contribution in [3.63, 3.8) is 0 Å². The molecule has 1 aromatic heterocycles. The lowest BCUT2D eigenvalue weighted by atomic mass is 9.89. The highest BCUT2D eigenvalue weighted by molar-refractivity contribution is 6.24. The highest BCUT2D eigenvalue weighted by atomic mass is 19.1. The van der Waals surface area contributed by atoms with E-state index in [1.54, 1.807) is 41.3 Å². The highest BCUT2D eigenvalue weighted by Crippen LogP contribution is 2.45. The van der Waals surface area contributed by atoms with Crippen LogP contribution in [-0.4, -0.2) is 40.3 Å². The third kappa shape index (κ3) is 4.38. The Balaban J connectivity index is 1.24. The van der Waals surface area contributed by atoms with Crippen molar-refractivity contribution in [3.05, 3.63) is 113 Å². The van der Waals surface area contributed by atoms with Crippen LogP contribution in [0.5, 0.6) is 0 Å². The molecule has 212 valence electrons. The van der Waals surface area contributed by atoms with Gasteiger partial charge in [-0.25, -0.2) is 14.1 Å². The van der Waals surface area contributed by atoms with Gasteiger partial charge < -0.3 is 10.3 Å². The molecule has 2 N–H and O–H groups in total. The van der Waals surface area contributed by atoms with Crippen LogP contribution < -0.4 is 10.2 Å². The molecule has 0 radical (unpaired) electrons. The van der Waals surface area contributed by atoms with Crippen molar-refractivity contribution in [2.45, 2.75) is 50.6 Å². The number of H-pyrrole nitrogens is 1. The van der Waals surface area contributed by atoms with Gasteiger partial charge in [0.15, 0.2) is 0 Å². The number of amides is 4. The van der Waals surface area contributed by atoms with Crippen LogP contribution in [-0.2, 0) is 11.2 Å². The lowest BCUT2D eigenvalue weighted by Crippen LogP contribution is -2.44. The van der Waals surface area contributed by atoms with E-state index in [-0.39, 0.29) is 28.9 Å². The number of para-hydroxylation sites is 2. The Hall–Kier alpha value is -4.72. The van der Waals surface area contributed by atoms with Crippen LogP contribution in [0.2, 0.25) is 0 Å². The predicted octanol–water partition coefficient (Wildman–Crippen LogP) is 6.41. The molecule has 42 heavy (non-hydrogen) atoms. The van der Waals surface area contributed by atoms with E-state index >= 15 is 0 Å². The summed E-state index contributed by atoms with van der Waals surface area (Å²) in [7, 11) is 0. The van der Waals surface area contributed by atoms with Crippen molar-refractivity contribution >= 4 is 34.4 Å². The minimum Gasteiger partial charge on any atom is -0.356 e. The number of benzene rings is 3. The Kier molecular flexibility index (Phi) is 6.61. The number of rotatable bonds is 6. The maximum absolute atomic E-state index is 14.2. The van der Waals surface area contributed by atoms with E-state index in [1.807, 2.05) is 24.3 Å². The van der Waals surface area contributed by atoms with Gasteiger partial charge in [-0.1, -0.05) is 54.1 Å². The van der Waals surface area contributed by atoms with Crippen molar-refractivity contribution in [2.75, 3.05) is 11.4 Å². The second kappa shape index (κ2) is 10.6. The van der Waals surface area contributed by atoms with Gasteiger partial charge in [0, 0.05) is 29.6 Å². The number of allylic oxidation sites excluding steroid dienone is 1. The van der Waals surface area contributed by atoms with Crippen molar-refractivity contribution in [2.24, 2.45) is 0 Å². The number of carbonyl (C=O) groups excluding carboxylic acids is 3. The summed E-state index contributed by atoms with van der Waals surface area (Å²) >= 11 is 0. The molecule has 3 aliphatic rings. The number of imide groups is 1. The summed E-state index contributed by atoms with van der Waals surface area (Å²) < 4.78 is 13.9. The molecule has 7 nitrogen and oxygen atoms in total. The average molecular weight is 563 g/mol. The van der Waals surface area contributed by atoms with Crippen LogP contribution in [0.3, 0.4) is 0 Å². The largest absolute Gasteiger partial charge is 0.356 e. The van der Waals surface area contributed by atoms with Gasteiger partial charge in [0.25, 0.3) is 11.8 Å². The van der Waals surface area contributed by atoms with Gasteiger partial charge in [0.1, 0.15) is 17.9 Å². The molecule has 8 heteroatoms. The number of nitrogens with one attached hydrogen (secondary N) is 2.